The van der Waals surface area contributed by atoms with Gasteiger partial charge in [0.15, 0.2) is 12.4 Å². The SMILES string of the molecule is Cc1ccc(/C=C/C(=O)OCC(=O)Nc2ccon2)o1. The van der Waals surface area contributed by atoms with E-state index in [0.29, 0.717) is 5.76 Å². The first-order valence-corrected chi connectivity index (χ1v) is 5.75. The Hall–Kier alpha value is -2.83. The fourth-order valence-corrected chi connectivity index (χ4v) is 1.33. The van der Waals surface area contributed by atoms with Gasteiger partial charge in [0.25, 0.3) is 5.91 Å². The number of aryl methyl sites for hydroxylation is 1. The minimum atomic E-state index is -0.644. The predicted octanol–water partition coefficient (Wildman–Crippen LogP) is 1.77. The topological polar surface area (TPSA) is 94.6 Å². The summed E-state index contributed by atoms with van der Waals surface area (Å²) in [4.78, 5) is 22.7. The minimum Gasteiger partial charge on any atom is -0.462 e. The van der Waals surface area contributed by atoms with Gasteiger partial charge in [-0.05, 0) is 25.1 Å². The van der Waals surface area contributed by atoms with Crippen LogP contribution >= 0.6 is 0 Å². The maximum Gasteiger partial charge on any atom is 0.331 e. The average Bonchev–Trinajstić information content (AvgIpc) is 3.05. The molecule has 0 saturated heterocycles. The van der Waals surface area contributed by atoms with Crippen molar-refractivity contribution in [2.75, 3.05) is 11.9 Å². The van der Waals surface area contributed by atoms with E-state index in [1.807, 2.05) is 0 Å². The van der Waals surface area contributed by atoms with E-state index in [9.17, 15) is 9.59 Å². The molecule has 104 valence electrons. The second-order valence-corrected chi connectivity index (χ2v) is 3.82. The lowest BCUT2D eigenvalue weighted by Crippen LogP contribution is -2.20. The highest BCUT2D eigenvalue weighted by atomic mass is 16.5. The van der Waals surface area contributed by atoms with E-state index >= 15 is 0 Å². The van der Waals surface area contributed by atoms with Crippen molar-refractivity contribution in [2.45, 2.75) is 6.92 Å². The zero-order chi connectivity index (χ0) is 14.4. The van der Waals surface area contributed by atoms with Crippen LogP contribution in [0.25, 0.3) is 6.08 Å². The van der Waals surface area contributed by atoms with Crippen LogP contribution in [0.4, 0.5) is 5.82 Å². The van der Waals surface area contributed by atoms with Crippen LogP contribution in [0.15, 0.2) is 39.5 Å². The number of rotatable bonds is 5. The molecular formula is C13H12N2O5. The molecule has 0 aliphatic heterocycles. The lowest BCUT2D eigenvalue weighted by molar-refractivity contribution is -0.142. The summed E-state index contributed by atoms with van der Waals surface area (Å²) in [5.41, 5.74) is 0. The van der Waals surface area contributed by atoms with E-state index in [2.05, 4.69) is 15.0 Å². The number of amides is 1. The number of hydrogen-bond acceptors (Lipinski definition) is 6. The molecule has 20 heavy (non-hydrogen) atoms. The lowest BCUT2D eigenvalue weighted by Gasteiger charge is -2.01. The van der Waals surface area contributed by atoms with Crippen molar-refractivity contribution in [3.05, 3.63) is 42.1 Å². The Morgan fingerprint density at radius 2 is 2.25 bits per heavy atom. The van der Waals surface area contributed by atoms with E-state index in [1.54, 1.807) is 19.1 Å². The Labute approximate surface area is 114 Å². The summed E-state index contributed by atoms with van der Waals surface area (Å²) in [6.45, 7) is 1.39. The molecule has 0 unspecified atom stereocenters. The number of nitrogens with one attached hydrogen (secondary N) is 1. The van der Waals surface area contributed by atoms with Crippen molar-refractivity contribution in [1.29, 1.82) is 0 Å². The van der Waals surface area contributed by atoms with Crippen LogP contribution in [-0.4, -0.2) is 23.6 Å². The van der Waals surface area contributed by atoms with Gasteiger partial charge in [0.2, 0.25) is 0 Å². The Kier molecular flexibility index (Phi) is 4.33. The van der Waals surface area contributed by atoms with Crippen LogP contribution < -0.4 is 5.32 Å². The first-order valence-electron chi connectivity index (χ1n) is 5.75. The van der Waals surface area contributed by atoms with Gasteiger partial charge in [-0.15, -0.1) is 0 Å². The molecule has 0 atom stereocenters. The van der Waals surface area contributed by atoms with Crippen LogP contribution in [0.2, 0.25) is 0 Å². The summed E-state index contributed by atoms with van der Waals surface area (Å²) < 4.78 is 14.5. The highest BCUT2D eigenvalue weighted by Crippen LogP contribution is 2.07. The normalized spacial score (nSPS) is 10.7. The lowest BCUT2D eigenvalue weighted by atomic mass is 10.4. The first-order chi connectivity index (χ1) is 9.63. The van der Waals surface area contributed by atoms with Gasteiger partial charge in [-0.25, -0.2) is 4.79 Å². The van der Waals surface area contributed by atoms with Crippen LogP contribution in [-0.2, 0) is 14.3 Å². The highest BCUT2D eigenvalue weighted by Gasteiger charge is 2.07. The number of furan rings is 1. The van der Waals surface area contributed by atoms with Crippen LogP contribution in [0.3, 0.4) is 0 Å². The van der Waals surface area contributed by atoms with Crippen molar-refractivity contribution in [3.8, 4) is 0 Å². The van der Waals surface area contributed by atoms with E-state index in [1.165, 1.54) is 24.5 Å². The fraction of sp³-hybridized carbons (Fsp3) is 0.154. The number of carbonyl (C=O) groups excluding carboxylic acids is 2. The van der Waals surface area contributed by atoms with Crippen molar-refractivity contribution in [3.63, 3.8) is 0 Å². The molecule has 2 heterocycles. The summed E-state index contributed by atoms with van der Waals surface area (Å²) in [5, 5.41) is 5.88. The molecule has 0 bridgehead atoms. The van der Waals surface area contributed by atoms with Crippen molar-refractivity contribution in [1.82, 2.24) is 5.16 Å². The van der Waals surface area contributed by atoms with Crippen molar-refractivity contribution in [2.24, 2.45) is 0 Å². The number of anilines is 1. The molecule has 2 aromatic heterocycles. The number of hydrogen-bond donors (Lipinski definition) is 1. The first kappa shape index (κ1) is 13.6. The largest absolute Gasteiger partial charge is 0.462 e. The molecule has 2 rings (SSSR count). The third-order valence-electron chi connectivity index (χ3n) is 2.20. The number of ether oxygens (including phenoxy) is 1. The van der Waals surface area contributed by atoms with E-state index in [0.717, 1.165) is 5.76 Å². The maximum absolute atomic E-state index is 11.4. The number of nitrogens with zero attached hydrogens (tertiary/aromatic N) is 1. The standard InChI is InChI=1S/C13H12N2O5/c1-9-2-3-10(20-9)4-5-13(17)18-8-12(16)14-11-6-7-19-15-11/h2-7H,8H2,1H3,(H,14,15,16)/b5-4+. The molecule has 0 aliphatic rings. The van der Waals surface area contributed by atoms with Gasteiger partial charge < -0.3 is 19.0 Å². The number of carbonyl (C=O) groups is 2. The molecule has 0 radical (unpaired) electrons. The van der Waals surface area contributed by atoms with Crippen LogP contribution in [0.1, 0.15) is 11.5 Å². The molecule has 0 fully saturated rings. The molecule has 0 aliphatic carbocycles. The molecule has 7 heteroatoms. The van der Waals surface area contributed by atoms with Crippen molar-refractivity contribution >= 4 is 23.8 Å². The van der Waals surface area contributed by atoms with Gasteiger partial charge in [-0.1, -0.05) is 5.16 Å². The second kappa shape index (κ2) is 6.37. The highest BCUT2D eigenvalue weighted by molar-refractivity contribution is 5.93. The second-order valence-electron chi connectivity index (χ2n) is 3.82. The zero-order valence-electron chi connectivity index (χ0n) is 10.7. The summed E-state index contributed by atoms with van der Waals surface area (Å²) in [6, 6.07) is 4.96. The van der Waals surface area contributed by atoms with Crippen LogP contribution in [0, 0.1) is 6.92 Å². The van der Waals surface area contributed by atoms with Gasteiger partial charge in [-0.2, -0.15) is 0 Å². The van der Waals surface area contributed by atoms with Gasteiger partial charge in [0.1, 0.15) is 17.8 Å². The molecule has 0 saturated carbocycles. The Balaban J connectivity index is 1.74. The zero-order valence-corrected chi connectivity index (χ0v) is 10.7. The average molecular weight is 276 g/mol. The number of aromatic nitrogens is 1. The van der Waals surface area contributed by atoms with Gasteiger partial charge in [-0.3, -0.25) is 4.79 Å². The van der Waals surface area contributed by atoms with Gasteiger partial charge in [0, 0.05) is 12.1 Å². The molecule has 0 aromatic carbocycles. The monoisotopic (exact) mass is 276 g/mol. The van der Waals surface area contributed by atoms with E-state index in [4.69, 9.17) is 9.15 Å². The Morgan fingerprint density at radius 1 is 1.40 bits per heavy atom. The third kappa shape index (κ3) is 4.13. The summed E-state index contributed by atoms with van der Waals surface area (Å²) in [5.74, 6) is 0.382. The van der Waals surface area contributed by atoms with E-state index in [-0.39, 0.29) is 5.82 Å². The quantitative estimate of drug-likeness (QED) is 0.660. The summed E-state index contributed by atoms with van der Waals surface area (Å²) >= 11 is 0. The third-order valence-corrected chi connectivity index (χ3v) is 2.20. The van der Waals surface area contributed by atoms with Crippen molar-refractivity contribution < 1.29 is 23.3 Å². The molecule has 1 amide bonds. The maximum atomic E-state index is 11.4. The molecule has 7 nitrogen and oxygen atoms in total. The van der Waals surface area contributed by atoms with Crippen LogP contribution in [0.5, 0.6) is 0 Å². The summed E-state index contributed by atoms with van der Waals surface area (Å²) in [6.07, 6.45) is 3.96. The minimum absolute atomic E-state index is 0.257. The molecular weight excluding hydrogens is 264 g/mol. The molecule has 0 spiro atoms. The fourth-order valence-electron chi connectivity index (χ4n) is 1.33. The van der Waals surface area contributed by atoms with E-state index < -0.39 is 18.5 Å². The summed E-state index contributed by atoms with van der Waals surface area (Å²) in [7, 11) is 0. The molecule has 2 aromatic rings. The smallest absolute Gasteiger partial charge is 0.331 e. The number of esters is 1. The molecule has 1 N–H and O–H groups in total. The predicted molar refractivity (Wildman–Crippen MR) is 68.6 cm³/mol. The Morgan fingerprint density at radius 3 is 2.90 bits per heavy atom. The van der Waals surface area contributed by atoms with Gasteiger partial charge in [0.05, 0.1) is 0 Å². The van der Waals surface area contributed by atoms with Gasteiger partial charge >= 0.3 is 5.97 Å². The Bertz CT molecular complexity index is 613.